The summed E-state index contributed by atoms with van der Waals surface area (Å²) in [5.74, 6) is 4.07. The Morgan fingerprint density at radius 1 is 1.19 bits per heavy atom. The van der Waals surface area contributed by atoms with E-state index < -0.39 is 0 Å². The molecule has 0 bridgehead atoms. The number of amides is 1. The summed E-state index contributed by atoms with van der Waals surface area (Å²) in [5, 5.41) is 5.27. The molecule has 27 heavy (non-hydrogen) atoms. The van der Waals surface area contributed by atoms with Crippen molar-refractivity contribution >= 4 is 16.7 Å². The average molecular weight is 363 g/mol. The van der Waals surface area contributed by atoms with Gasteiger partial charge in [-0.05, 0) is 41.3 Å². The van der Waals surface area contributed by atoms with Crippen molar-refractivity contribution in [1.29, 1.82) is 0 Å². The molecule has 140 valence electrons. The Morgan fingerprint density at radius 3 is 2.78 bits per heavy atom. The Hall–Kier alpha value is -2.75. The maximum absolute atomic E-state index is 12.3. The quantitative estimate of drug-likeness (QED) is 0.655. The number of carbonyl (C=O) groups is 1. The van der Waals surface area contributed by atoms with Gasteiger partial charge in [-0.2, -0.15) is 0 Å². The van der Waals surface area contributed by atoms with Crippen molar-refractivity contribution < 1.29 is 13.9 Å². The van der Waals surface area contributed by atoms with E-state index in [1.807, 2.05) is 30.3 Å². The highest BCUT2D eigenvalue weighted by Gasteiger charge is 2.36. The number of nitrogens with one attached hydrogen (secondary N) is 1. The lowest BCUT2D eigenvalue weighted by molar-refractivity contribution is -0.121. The highest BCUT2D eigenvalue weighted by molar-refractivity contribution is 5.88. The van der Waals surface area contributed by atoms with Crippen molar-refractivity contribution in [2.24, 2.45) is 5.92 Å². The molecule has 0 saturated heterocycles. The summed E-state index contributed by atoms with van der Waals surface area (Å²) in [6, 6.07) is 16.2. The summed E-state index contributed by atoms with van der Waals surface area (Å²) < 4.78 is 11.4. The molecule has 1 aliphatic carbocycles. The van der Waals surface area contributed by atoms with Crippen molar-refractivity contribution in [2.75, 3.05) is 7.11 Å². The van der Waals surface area contributed by atoms with Gasteiger partial charge in [0.15, 0.2) is 0 Å². The fourth-order valence-electron chi connectivity index (χ4n) is 3.65. The van der Waals surface area contributed by atoms with Crippen LogP contribution in [0.5, 0.6) is 5.75 Å². The van der Waals surface area contributed by atoms with Gasteiger partial charge in [-0.15, -0.1) is 0 Å². The summed E-state index contributed by atoms with van der Waals surface area (Å²) in [4.78, 5) is 12.3. The molecule has 2 aromatic carbocycles. The van der Waals surface area contributed by atoms with Crippen LogP contribution in [0.1, 0.15) is 42.8 Å². The summed E-state index contributed by atoms with van der Waals surface area (Å²) in [7, 11) is 1.66. The van der Waals surface area contributed by atoms with Crippen LogP contribution in [0.15, 0.2) is 52.9 Å². The number of aryl methyl sites for hydroxylation is 1. The van der Waals surface area contributed by atoms with Gasteiger partial charge in [-0.25, -0.2) is 0 Å². The molecular formula is C23H25NO3. The number of fused-ring (bicyclic) bond motifs is 1. The predicted octanol–water partition coefficient (Wildman–Crippen LogP) is 4.81. The van der Waals surface area contributed by atoms with Crippen LogP contribution in [0.25, 0.3) is 10.8 Å². The topological polar surface area (TPSA) is 51.5 Å². The third-order valence-corrected chi connectivity index (χ3v) is 5.44. The largest absolute Gasteiger partial charge is 0.496 e. The Balaban J connectivity index is 1.36. The van der Waals surface area contributed by atoms with Crippen molar-refractivity contribution in [3.63, 3.8) is 0 Å². The van der Waals surface area contributed by atoms with Crippen molar-refractivity contribution in [1.82, 2.24) is 5.32 Å². The van der Waals surface area contributed by atoms with E-state index in [1.165, 1.54) is 6.42 Å². The Bertz CT molecular complexity index is 959. The second kappa shape index (κ2) is 7.47. The first-order valence-corrected chi connectivity index (χ1v) is 9.55. The minimum atomic E-state index is 0.0164. The normalized spacial score (nSPS) is 18.4. The second-order valence-electron chi connectivity index (χ2n) is 7.37. The maximum Gasteiger partial charge on any atom is 0.220 e. The first-order chi connectivity index (χ1) is 13.2. The zero-order chi connectivity index (χ0) is 18.8. The lowest BCUT2D eigenvalue weighted by Gasteiger charge is -2.13. The number of methoxy groups -OCH3 is 1. The van der Waals surface area contributed by atoms with E-state index in [2.05, 4.69) is 30.4 Å². The molecule has 1 aliphatic rings. The van der Waals surface area contributed by atoms with E-state index in [1.54, 1.807) is 7.11 Å². The van der Waals surface area contributed by atoms with Crippen LogP contribution in [0, 0.1) is 5.92 Å². The van der Waals surface area contributed by atoms with E-state index >= 15 is 0 Å². The predicted molar refractivity (Wildman–Crippen MR) is 106 cm³/mol. The molecule has 1 N–H and O–H groups in total. The first-order valence-electron chi connectivity index (χ1n) is 9.55. The number of hydrogen-bond donors (Lipinski definition) is 1. The van der Waals surface area contributed by atoms with Gasteiger partial charge in [-0.3, -0.25) is 4.79 Å². The third kappa shape index (κ3) is 3.85. The molecule has 1 fully saturated rings. The van der Waals surface area contributed by atoms with Gasteiger partial charge in [0.2, 0.25) is 5.91 Å². The summed E-state index contributed by atoms with van der Waals surface area (Å²) in [6.07, 6.45) is 2.25. The smallest absolute Gasteiger partial charge is 0.220 e. The van der Waals surface area contributed by atoms with E-state index in [0.717, 1.165) is 39.5 Å². The monoisotopic (exact) mass is 363 g/mol. The van der Waals surface area contributed by atoms with Crippen LogP contribution in [0.4, 0.5) is 0 Å². The number of ether oxygens (including phenoxy) is 1. The van der Waals surface area contributed by atoms with Gasteiger partial charge in [0.05, 0.1) is 7.11 Å². The Kier molecular flexibility index (Phi) is 4.88. The molecule has 4 rings (SSSR count). The Morgan fingerprint density at radius 2 is 2.00 bits per heavy atom. The summed E-state index contributed by atoms with van der Waals surface area (Å²) >= 11 is 0. The minimum Gasteiger partial charge on any atom is -0.496 e. The maximum atomic E-state index is 12.3. The van der Waals surface area contributed by atoms with Crippen LogP contribution in [-0.4, -0.2) is 13.0 Å². The van der Waals surface area contributed by atoms with Crippen LogP contribution >= 0.6 is 0 Å². The SMILES string of the molecule is COc1ccc2ccccc2c1CNC(=O)CCc1ccc(C2CC2C)o1. The molecule has 1 saturated carbocycles. The molecule has 1 amide bonds. The fourth-order valence-corrected chi connectivity index (χ4v) is 3.65. The van der Waals surface area contributed by atoms with E-state index in [0.29, 0.717) is 25.3 Å². The van der Waals surface area contributed by atoms with E-state index in [9.17, 15) is 4.79 Å². The standard InChI is InChI=1S/C23H25NO3/c1-15-13-19(15)22-11-8-17(27-22)9-12-23(25)24-14-20-18-6-4-3-5-16(18)7-10-21(20)26-2/h3-8,10-11,15,19H,9,12-14H2,1-2H3,(H,24,25). The number of furan rings is 1. The molecule has 2 atom stereocenters. The highest BCUT2D eigenvalue weighted by Crippen LogP contribution is 2.47. The van der Waals surface area contributed by atoms with Gasteiger partial charge in [0, 0.05) is 30.9 Å². The van der Waals surface area contributed by atoms with Crippen LogP contribution in [0.3, 0.4) is 0 Å². The summed E-state index contributed by atoms with van der Waals surface area (Å²) in [6.45, 7) is 2.69. The number of rotatable bonds is 7. The molecule has 2 unspecified atom stereocenters. The molecule has 0 aliphatic heterocycles. The molecule has 3 aromatic rings. The van der Waals surface area contributed by atoms with E-state index in [-0.39, 0.29) is 5.91 Å². The van der Waals surface area contributed by atoms with Gasteiger partial charge in [-0.1, -0.05) is 37.3 Å². The van der Waals surface area contributed by atoms with Crippen molar-refractivity contribution in [3.8, 4) is 5.75 Å². The van der Waals surface area contributed by atoms with Crippen LogP contribution in [-0.2, 0) is 17.8 Å². The first kappa shape index (κ1) is 17.7. The highest BCUT2D eigenvalue weighted by atomic mass is 16.5. The molecule has 1 aromatic heterocycles. The van der Waals surface area contributed by atoms with E-state index in [4.69, 9.17) is 9.15 Å². The van der Waals surface area contributed by atoms with Crippen LogP contribution in [0.2, 0.25) is 0 Å². The van der Waals surface area contributed by atoms with Gasteiger partial charge >= 0.3 is 0 Å². The van der Waals surface area contributed by atoms with Crippen LogP contribution < -0.4 is 10.1 Å². The van der Waals surface area contributed by atoms with Gasteiger partial charge in [0.25, 0.3) is 0 Å². The molecule has 4 heteroatoms. The van der Waals surface area contributed by atoms with Gasteiger partial charge < -0.3 is 14.5 Å². The molecule has 0 spiro atoms. The fraction of sp³-hybridized carbons (Fsp3) is 0.348. The van der Waals surface area contributed by atoms with Gasteiger partial charge in [0.1, 0.15) is 17.3 Å². The molecule has 0 radical (unpaired) electrons. The lowest BCUT2D eigenvalue weighted by Crippen LogP contribution is -2.23. The lowest BCUT2D eigenvalue weighted by atomic mass is 10.0. The average Bonchev–Trinajstić information content (AvgIpc) is 3.24. The third-order valence-electron chi connectivity index (χ3n) is 5.44. The van der Waals surface area contributed by atoms with Crippen molar-refractivity contribution in [3.05, 3.63) is 65.6 Å². The molecule has 1 heterocycles. The minimum absolute atomic E-state index is 0.0164. The number of benzene rings is 2. The second-order valence-corrected chi connectivity index (χ2v) is 7.37. The van der Waals surface area contributed by atoms with Crippen molar-refractivity contribution in [2.45, 2.75) is 38.6 Å². The zero-order valence-corrected chi connectivity index (χ0v) is 15.8. The molecule has 4 nitrogen and oxygen atoms in total. The summed E-state index contributed by atoms with van der Waals surface area (Å²) in [5.41, 5.74) is 1.01. The zero-order valence-electron chi connectivity index (χ0n) is 15.8. The number of hydrogen-bond acceptors (Lipinski definition) is 3. The number of carbonyl (C=O) groups excluding carboxylic acids is 1. The Labute approximate surface area is 159 Å². The molecular weight excluding hydrogens is 338 g/mol.